The molecule has 0 spiro atoms. The van der Waals surface area contributed by atoms with Crippen molar-refractivity contribution in [3.05, 3.63) is 92.8 Å². The molecule has 1 aromatic heterocycles. The second kappa shape index (κ2) is 7.15. The van der Waals surface area contributed by atoms with E-state index < -0.39 is 10.0 Å². The molecule has 0 atom stereocenters. The second-order valence-electron chi connectivity index (χ2n) is 8.52. The molecule has 33 heavy (non-hydrogen) atoms. The number of carbonyl (C=O) groups excluding carboxylic acids is 1. The van der Waals surface area contributed by atoms with Crippen molar-refractivity contribution in [2.75, 3.05) is 4.72 Å². The molecule has 0 radical (unpaired) electrons. The number of pyridine rings is 1. The number of sulfonamides is 1. The number of fused-ring (bicyclic) bond motifs is 2. The van der Waals surface area contributed by atoms with Crippen LogP contribution < -0.4 is 10.3 Å². The molecule has 0 unspecified atom stereocenters. The third-order valence-corrected chi connectivity index (χ3v) is 7.93. The van der Waals surface area contributed by atoms with E-state index in [-0.39, 0.29) is 27.5 Å². The molecule has 4 aromatic rings. The zero-order chi connectivity index (χ0) is 23.7. The topological polar surface area (TPSA) is 85.2 Å². The predicted octanol–water partition coefficient (Wildman–Crippen LogP) is 4.48. The normalized spacial score (nSPS) is 12.7. The fraction of sp³-hybridized carbons (Fsp3) is 0.154. The minimum atomic E-state index is -3.96. The monoisotopic (exact) mass is 458 g/mol. The minimum Gasteiger partial charge on any atom is -0.311 e. The van der Waals surface area contributed by atoms with E-state index in [1.54, 1.807) is 50.4 Å². The van der Waals surface area contributed by atoms with Crippen LogP contribution in [0.15, 0.2) is 64.3 Å². The Morgan fingerprint density at radius 1 is 0.788 bits per heavy atom. The SMILES string of the molecule is Cc1cc(C)c(S(=O)(=O)Nc2ccc3c4c(cc(=O)n3C)-c3ccccc3C(=O)c24)cc1C. The van der Waals surface area contributed by atoms with Gasteiger partial charge in [-0.05, 0) is 66.8 Å². The molecular weight excluding hydrogens is 436 g/mol. The van der Waals surface area contributed by atoms with E-state index in [9.17, 15) is 18.0 Å². The maximum absolute atomic E-state index is 13.6. The molecule has 0 saturated heterocycles. The Labute approximate surface area is 191 Å². The number of benzene rings is 3. The van der Waals surface area contributed by atoms with Crippen molar-refractivity contribution in [3.8, 4) is 11.1 Å². The van der Waals surface area contributed by atoms with Gasteiger partial charge in [0.25, 0.3) is 15.6 Å². The summed E-state index contributed by atoms with van der Waals surface area (Å²) in [6.07, 6.45) is 0. The van der Waals surface area contributed by atoms with Gasteiger partial charge in [0.05, 0.1) is 21.7 Å². The smallest absolute Gasteiger partial charge is 0.262 e. The summed E-state index contributed by atoms with van der Waals surface area (Å²) in [5, 5.41) is 0.567. The van der Waals surface area contributed by atoms with Crippen LogP contribution in [0.5, 0.6) is 0 Å². The number of hydrogen-bond acceptors (Lipinski definition) is 4. The van der Waals surface area contributed by atoms with Crippen LogP contribution in [-0.4, -0.2) is 18.8 Å². The van der Waals surface area contributed by atoms with E-state index in [4.69, 9.17) is 0 Å². The highest BCUT2D eigenvalue weighted by Crippen LogP contribution is 2.41. The lowest BCUT2D eigenvalue weighted by atomic mass is 9.83. The molecule has 1 N–H and O–H groups in total. The summed E-state index contributed by atoms with van der Waals surface area (Å²) in [7, 11) is -2.33. The van der Waals surface area contributed by atoms with Crippen LogP contribution in [0.4, 0.5) is 5.69 Å². The first kappa shape index (κ1) is 21.2. The molecule has 1 aliphatic rings. The van der Waals surface area contributed by atoms with Crippen LogP contribution in [0.25, 0.3) is 22.0 Å². The standard InChI is InChI=1S/C26H22N2O4S/c1-14-11-16(3)22(12-15(14)2)33(31,32)27-20-9-10-21-24-19(13-23(29)28(21)4)17-7-5-6-8-18(17)26(30)25(20)24/h5-13,27H,1-4H3. The summed E-state index contributed by atoms with van der Waals surface area (Å²) in [4.78, 5) is 26.3. The highest BCUT2D eigenvalue weighted by atomic mass is 32.2. The maximum atomic E-state index is 13.6. The number of nitrogens with one attached hydrogen (secondary N) is 1. The van der Waals surface area contributed by atoms with Gasteiger partial charge in [-0.2, -0.15) is 0 Å². The van der Waals surface area contributed by atoms with Crippen LogP contribution in [-0.2, 0) is 17.1 Å². The molecule has 0 bridgehead atoms. The second-order valence-corrected chi connectivity index (χ2v) is 10.2. The largest absolute Gasteiger partial charge is 0.311 e. The lowest BCUT2D eigenvalue weighted by molar-refractivity contribution is 0.104. The van der Waals surface area contributed by atoms with Gasteiger partial charge in [-0.25, -0.2) is 8.42 Å². The Morgan fingerprint density at radius 3 is 2.18 bits per heavy atom. The molecule has 1 aliphatic carbocycles. The van der Waals surface area contributed by atoms with Gasteiger partial charge in [-0.15, -0.1) is 0 Å². The lowest BCUT2D eigenvalue weighted by Crippen LogP contribution is -2.22. The summed E-state index contributed by atoms with van der Waals surface area (Å²) in [6.45, 7) is 5.54. The first-order valence-electron chi connectivity index (χ1n) is 10.5. The molecule has 0 fully saturated rings. The van der Waals surface area contributed by atoms with E-state index >= 15 is 0 Å². The van der Waals surface area contributed by atoms with Gasteiger partial charge in [0.1, 0.15) is 0 Å². The van der Waals surface area contributed by atoms with Crippen molar-refractivity contribution in [1.29, 1.82) is 0 Å². The van der Waals surface area contributed by atoms with Gasteiger partial charge < -0.3 is 4.57 Å². The molecular formula is C26H22N2O4S. The van der Waals surface area contributed by atoms with E-state index in [1.807, 2.05) is 26.0 Å². The highest BCUT2D eigenvalue weighted by molar-refractivity contribution is 7.92. The van der Waals surface area contributed by atoms with Crippen LogP contribution >= 0.6 is 0 Å². The number of carbonyl (C=O) groups is 1. The van der Waals surface area contributed by atoms with Crippen LogP contribution in [0.1, 0.15) is 32.6 Å². The van der Waals surface area contributed by atoms with Crippen molar-refractivity contribution in [1.82, 2.24) is 4.57 Å². The Kier molecular flexibility index (Phi) is 4.58. The number of nitrogens with zero attached hydrogens (tertiary/aromatic N) is 1. The molecule has 7 heteroatoms. The van der Waals surface area contributed by atoms with Gasteiger partial charge in [-0.1, -0.05) is 30.3 Å². The summed E-state index contributed by atoms with van der Waals surface area (Å²) in [5.41, 5.74) is 5.04. The fourth-order valence-electron chi connectivity index (χ4n) is 4.56. The summed E-state index contributed by atoms with van der Waals surface area (Å²) >= 11 is 0. The third-order valence-electron chi connectivity index (χ3n) is 6.43. The predicted molar refractivity (Wildman–Crippen MR) is 130 cm³/mol. The first-order chi connectivity index (χ1) is 15.6. The van der Waals surface area contributed by atoms with Crippen LogP contribution in [0.3, 0.4) is 0 Å². The number of aryl methyl sites for hydroxylation is 4. The summed E-state index contributed by atoms with van der Waals surface area (Å²) in [6, 6.07) is 15.3. The number of rotatable bonds is 3. The Morgan fingerprint density at radius 2 is 1.45 bits per heavy atom. The molecule has 0 amide bonds. The molecule has 166 valence electrons. The third kappa shape index (κ3) is 3.11. The van der Waals surface area contributed by atoms with Crippen molar-refractivity contribution in [2.24, 2.45) is 7.05 Å². The summed E-state index contributed by atoms with van der Waals surface area (Å²) < 4.78 is 30.9. The van der Waals surface area contributed by atoms with Gasteiger partial charge in [0.15, 0.2) is 5.78 Å². The Hall–Kier alpha value is -3.71. The van der Waals surface area contributed by atoms with Crippen molar-refractivity contribution >= 4 is 32.4 Å². The Bertz CT molecular complexity index is 1680. The van der Waals surface area contributed by atoms with Crippen LogP contribution in [0, 0.1) is 20.8 Å². The zero-order valence-electron chi connectivity index (χ0n) is 18.7. The quantitative estimate of drug-likeness (QED) is 0.432. The molecule has 3 aromatic carbocycles. The van der Waals surface area contributed by atoms with Crippen molar-refractivity contribution in [2.45, 2.75) is 25.7 Å². The average Bonchev–Trinajstić information content (AvgIpc) is 2.77. The lowest BCUT2D eigenvalue weighted by Gasteiger charge is -2.23. The van der Waals surface area contributed by atoms with Gasteiger partial charge in [0.2, 0.25) is 0 Å². The number of anilines is 1. The van der Waals surface area contributed by atoms with Gasteiger partial charge >= 0.3 is 0 Å². The molecule has 5 rings (SSSR count). The minimum absolute atomic E-state index is 0.169. The van der Waals surface area contributed by atoms with E-state index in [0.717, 1.165) is 11.1 Å². The van der Waals surface area contributed by atoms with E-state index in [2.05, 4.69) is 4.72 Å². The average molecular weight is 459 g/mol. The number of ketones is 1. The number of aromatic nitrogens is 1. The summed E-state index contributed by atoms with van der Waals surface area (Å²) in [5.74, 6) is -0.281. The van der Waals surface area contributed by atoms with E-state index in [1.165, 1.54) is 10.6 Å². The van der Waals surface area contributed by atoms with Gasteiger partial charge in [0, 0.05) is 24.1 Å². The molecule has 1 heterocycles. The number of hydrogen-bond donors (Lipinski definition) is 1. The van der Waals surface area contributed by atoms with Gasteiger partial charge in [-0.3, -0.25) is 14.3 Å². The van der Waals surface area contributed by atoms with E-state index in [0.29, 0.717) is 33.2 Å². The molecule has 6 nitrogen and oxygen atoms in total. The Balaban J connectivity index is 1.79. The fourth-order valence-corrected chi connectivity index (χ4v) is 5.95. The van der Waals surface area contributed by atoms with Crippen LogP contribution in [0.2, 0.25) is 0 Å². The maximum Gasteiger partial charge on any atom is 0.262 e. The molecule has 0 aliphatic heterocycles. The zero-order valence-corrected chi connectivity index (χ0v) is 19.5. The van der Waals surface area contributed by atoms with Crippen molar-refractivity contribution in [3.63, 3.8) is 0 Å². The molecule has 0 saturated carbocycles. The highest BCUT2D eigenvalue weighted by Gasteiger charge is 2.30. The first-order valence-corrected chi connectivity index (χ1v) is 12.0. The van der Waals surface area contributed by atoms with Crippen molar-refractivity contribution < 1.29 is 13.2 Å².